The van der Waals surface area contributed by atoms with Crippen molar-refractivity contribution in [3.05, 3.63) is 35.2 Å². The number of hydrogen-bond donors (Lipinski definition) is 1. The van der Waals surface area contributed by atoms with E-state index in [1.807, 2.05) is 13.1 Å². The van der Waals surface area contributed by atoms with Crippen molar-refractivity contribution < 1.29 is 4.52 Å². The summed E-state index contributed by atoms with van der Waals surface area (Å²) in [4.78, 5) is 4.44. The molecule has 0 spiro atoms. The molecule has 0 saturated heterocycles. The summed E-state index contributed by atoms with van der Waals surface area (Å²) in [6.45, 7) is 6.22. The van der Waals surface area contributed by atoms with E-state index in [0.29, 0.717) is 11.9 Å². The van der Waals surface area contributed by atoms with Gasteiger partial charge in [0.1, 0.15) is 0 Å². The molecule has 1 N–H and O–H groups in total. The highest BCUT2D eigenvalue weighted by Gasteiger charge is 2.12. The van der Waals surface area contributed by atoms with Gasteiger partial charge in [0, 0.05) is 18.0 Å². The van der Waals surface area contributed by atoms with Crippen molar-refractivity contribution in [1.29, 1.82) is 0 Å². The Morgan fingerprint density at radius 3 is 2.78 bits per heavy atom. The minimum atomic E-state index is 0.342. The van der Waals surface area contributed by atoms with Crippen LogP contribution in [-0.4, -0.2) is 23.2 Å². The molecule has 0 amide bonds. The van der Waals surface area contributed by atoms with Crippen LogP contribution in [0.25, 0.3) is 11.5 Å². The van der Waals surface area contributed by atoms with Gasteiger partial charge in [0.05, 0.1) is 0 Å². The van der Waals surface area contributed by atoms with Gasteiger partial charge in [-0.2, -0.15) is 4.98 Å². The zero-order valence-corrected chi connectivity index (χ0v) is 11.3. The third-order valence-corrected chi connectivity index (χ3v) is 3.06. The predicted octanol–water partition coefficient (Wildman–Crippen LogP) is 2.50. The second-order valence-corrected chi connectivity index (χ2v) is 4.73. The lowest BCUT2D eigenvalue weighted by Gasteiger charge is -2.04. The fourth-order valence-corrected chi connectivity index (χ4v) is 1.88. The maximum atomic E-state index is 5.33. The Hall–Kier alpha value is -1.68. The number of rotatable bonds is 4. The first-order valence-corrected chi connectivity index (χ1v) is 6.17. The van der Waals surface area contributed by atoms with Crippen molar-refractivity contribution in [3.8, 4) is 11.5 Å². The van der Waals surface area contributed by atoms with Crippen molar-refractivity contribution >= 4 is 0 Å². The van der Waals surface area contributed by atoms with Gasteiger partial charge in [-0.05, 0) is 39.4 Å². The van der Waals surface area contributed by atoms with Gasteiger partial charge in [-0.3, -0.25) is 0 Å². The van der Waals surface area contributed by atoms with E-state index in [4.69, 9.17) is 4.52 Å². The van der Waals surface area contributed by atoms with Crippen LogP contribution in [0.2, 0.25) is 0 Å². The number of likely N-dealkylation sites (N-methyl/N-ethyl adjacent to an activating group) is 1. The molecule has 0 saturated carbocycles. The van der Waals surface area contributed by atoms with E-state index in [-0.39, 0.29) is 0 Å². The molecule has 1 aromatic heterocycles. The summed E-state index contributed by atoms with van der Waals surface area (Å²) in [6, 6.07) is 6.55. The largest absolute Gasteiger partial charge is 0.334 e. The number of aryl methyl sites for hydroxylation is 2. The monoisotopic (exact) mass is 245 g/mol. The zero-order valence-electron chi connectivity index (χ0n) is 11.3. The number of aromatic nitrogens is 2. The molecular weight excluding hydrogens is 226 g/mol. The number of benzene rings is 1. The Balaban J connectivity index is 2.24. The third kappa shape index (κ3) is 2.76. The van der Waals surface area contributed by atoms with Crippen LogP contribution in [0.3, 0.4) is 0 Å². The standard InChI is InChI=1S/C14H19N3O/c1-9-5-6-12(10(2)7-9)14-16-13(17-18-14)8-11(3)15-4/h5-7,11,15H,8H2,1-4H3. The Labute approximate surface area is 107 Å². The molecule has 1 aromatic carbocycles. The van der Waals surface area contributed by atoms with Crippen molar-refractivity contribution in [2.75, 3.05) is 7.05 Å². The summed E-state index contributed by atoms with van der Waals surface area (Å²) >= 11 is 0. The number of hydrogen-bond acceptors (Lipinski definition) is 4. The minimum absolute atomic E-state index is 0.342. The van der Waals surface area contributed by atoms with E-state index in [0.717, 1.165) is 23.4 Å². The molecule has 18 heavy (non-hydrogen) atoms. The van der Waals surface area contributed by atoms with Crippen LogP contribution in [0.1, 0.15) is 23.9 Å². The topological polar surface area (TPSA) is 51.0 Å². The van der Waals surface area contributed by atoms with E-state index in [2.05, 4.69) is 48.4 Å². The second-order valence-electron chi connectivity index (χ2n) is 4.73. The highest BCUT2D eigenvalue weighted by atomic mass is 16.5. The Bertz CT molecular complexity index is 534. The van der Waals surface area contributed by atoms with Gasteiger partial charge in [0.15, 0.2) is 5.82 Å². The zero-order chi connectivity index (χ0) is 13.1. The minimum Gasteiger partial charge on any atom is -0.334 e. The normalized spacial score (nSPS) is 12.7. The maximum Gasteiger partial charge on any atom is 0.258 e. The molecule has 4 nitrogen and oxygen atoms in total. The van der Waals surface area contributed by atoms with Crippen LogP contribution in [-0.2, 0) is 6.42 Å². The Morgan fingerprint density at radius 2 is 2.11 bits per heavy atom. The molecule has 96 valence electrons. The highest BCUT2D eigenvalue weighted by Crippen LogP contribution is 2.22. The summed E-state index contributed by atoms with van der Waals surface area (Å²) in [5, 5.41) is 7.18. The van der Waals surface area contributed by atoms with Crippen molar-refractivity contribution in [2.24, 2.45) is 0 Å². The van der Waals surface area contributed by atoms with E-state index in [1.54, 1.807) is 0 Å². The molecule has 0 aliphatic heterocycles. The smallest absolute Gasteiger partial charge is 0.258 e. The molecule has 0 aliphatic rings. The highest BCUT2D eigenvalue weighted by molar-refractivity contribution is 5.58. The summed E-state index contributed by atoms with van der Waals surface area (Å²) in [5.74, 6) is 1.35. The van der Waals surface area contributed by atoms with E-state index in [9.17, 15) is 0 Å². The van der Waals surface area contributed by atoms with Crippen LogP contribution < -0.4 is 5.32 Å². The van der Waals surface area contributed by atoms with Gasteiger partial charge in [0.2, 0.25) is 0 Å². The molecule has 4 heteroatoms. The van der Waals surface area contributed by atoms with Gasteiger partial charge >= 0.3 is 0 Å². The quantitative estimate of drug-likeness (QED) is 0.899. The van der Waals surface area contributed by atoms with Crippen LogP contribution in [0.5, 0.6) is 0 Å². The average Bonchev–Trinajstić information content (AvgIpc) is 2.77. The fraction of sp³-hybridized carbons (Fsp3) is 0.429. The first-order valence-electron chi connectivity index (χ1n) is 6.17. The lowest BCUT2D eigenvalue weighted by atomic mass is 10.1. The molecule has 1 atom stereocenters. The Morgan fingerprint density at radius 1 is 1.33 bits per heavy atom. The van der Waals surface area contributed by atoms with Gasteiger partial charge in [-0.15, -0.1) is 0 Å². The molecular formula is C14H19N3O. The van der Waals surface area contributed by atoms with Gasteiger partial charge in [-0.25, -0.2) is 0 Å². The molecule has 0 aliphatic carbocycles. The van der Waals surface area contributed by atoms with Crippen LogP contribution in [0, 0.1) is 13.8 Å². The molecule has 0 fully saturated rings. The first kappa shape index (κ1) is 12.8. The van der Waals surface area contributed by atoms with E-state index < -0.39 is 0 Å². The predicted molar refractivity (Wildman–Crippen MR) is 71.4 cm³/mol. The molecule has 2 aromatic rings. The number of nitrogens with zero attached hydrogens (tertiary/aromatic N) is 2. The second kappa shape index (κ2) is 5.31. The summed E-state index contributed by atoms with van der Waals surface area (Å²) in [6.07, 6.45) is 0.769. The van der Waals surface area contributed by atoms with Crippen molar-refractivity contribution in [1.82, 2.24) is 15.5 Å². The van der Waals surface area contributed by atoms with Gasteiger partial charge in [0.25, 0.3) is 5.89 Å². The number of nitrogens with one attached hydrogen (secondary N) is 1. The fourth-order valence-electron chi connectivity index (χ4n) is 1.88. The summed E-state index contributed by atoms with van der Waals surface area (Å²) < 4.78 is 5.33. The summed E-state index contributed by atoms with van der Waals surface area (Å²) in [7, 11) is 1.93. The van der Waals surface area contributed by atoms with Crippen LogP contribution >= 0.6 is 0 Å². The molecule has 0 radical (unpaired) electrons. The summed E-state index contributed by atoms with van der Waals surface area (Å²) in [5.41, 5.74) is 3.41. The van der Waals surface area contributed by atoms with Crippen molar-refractivity contribution in [2.45, 2.75) is 33.2 Å². The van der Waals surface area contributed by atoms with Crippen LogP contribution in [0.4, 0.5) is 0 Å². The van der Waals surface area contributed by atoms with Crippen LogP contribution in [0.15, 0.2) is 22.7 Å². The van der Waals surface area contributed by atoms with E-state index in [1.165, 1.54) is 5.56 Å². The van der Waals surface area contributed by atoms with Gasteiger partial charge in [-0.1, -0.05) is 22.9 Å². The van der Waals surface area contributed by atoms with Crippen molar-refractivity contribution in [3.63, 3.8) is 0 Å². The molecule has 1 heterocycles. The average molecular weight is 245 g/mol. The molecule has 0 bridgehead atoms. The Kier molecular flexibility index (Phi) is 3.77. The third-order valence-electron chi connectivity index (χ3n) is 3.06. The first-order chi connectivity index (χ1) is 8.60. The maximum absolute atomic E-state index is 5.33. The SMILES string of the molecule is CNC(C)Cc1noc(-c2ccc(C)cc2C)n1. The van der Waals surface area contributed by atoms with E-state index >= 15 is 0 Å². The van der Waals surface area contributed by atoms with Gasteiger partial charge < -0.3 is 9.84 Å². The molecule has 2 rings (SSSR count). The lowest BCUT2D eigenvalue weighted by molar-refractivity contribution is 0.418. The molecule has 1 unspecified atom stereocenters. The lowest BCUT2D eigenvalue weighted by Crippen LogP contribution is -2.24.